The molecule has 0 saturated heterocycles. The Hall–Kier alpha value is -1.65. The molecule has 0 aliphatic heterocycles. The third kappa shape index (κ3) is 5.15. The monoisotopic (exact) mass is 300 g/mol. The smallest absolute Gasteiger partial charge is 0.209 e. The van der Waals surface area contributed by atoms with E-state index in [4.69, 9.17) is 15.1 Å². The second kappa shape index (κ2) is 6.68. The van der Waals surface area contributed by atoms with Gasteiger partial charge in [-0.2, -0.15) is 5.26 Å². The number of nitrogens with zero attached hydrogens (tertiary/aromatic N) is 1. The van der Waals surface area contributed by atoms with Gasteiger partial charge in [0.2, 0.25) is 10.0 Å². The highest BCUT2D eigenvalue weighted by molar-refractivity contribution is 7.89. The van der Waals surface area contributed by atoms with E-state index < -0.39 is 15.8 Å². The molecule has 110 valence electrons. The lowest BCUT2D eigenvalue weighted by Gasteiger charge is -2.20. The Kier molecular flexibility index (Phi) is 5.48. The van der Waals surface area contributed by atoms with Crippen LogP contribution in [0.2, 0.25) is 0 Å². The van der Waals surface area contributed by atoms with Crippen molar-refractivity contribution in [3.05, 3.63) is 29.6 Å². The van der Waals surface area contributed by atoms with Crippen molar-refractivity contribution in [1.29, 1.82) is 5.26 Å². The van der Waals surface area contributed by atoms with Crippen LogP contribution in [0.5, 0.6) is 5.75 Å². The van der Waals surface area contributed by atoms with Crippen LogP contribution in [0.25, 0.3) is 0 Å². The fourth-order valence-corrected chi connectivity index (χ4v) is 2.69. The highest BCUT2D eigenvalue weighted by Gasteiger charge is 2.20. The number of nitriles is 1. The van der Waals surface area contributed by atoms with Crippen molar-refractivity contribution in [2.75, 3.05) is 12.4 Å². The molecule has 0 spiro atoms. The molecule has 1 rings (SSSR count). The van der Waals surface area contributed by atoms with E-state index in [-0.39, 0.29) is 35.5 Å². The van der Waals surface area contributed by atoms with Crippen molar-refractivity contribution in [3.8, 4) is 11.8 Å². The number of nitrogens with two attached hydrogens (primary N) is 1. The van der Waals surface area contributed by atoms with E-state index in [1.807, 2.05) is 13.8 Å². The lowest BCUT2D eigenvalue weighted by atomic mass is 9.99. The number of ether oxygens (including phenoxy) is 1. The maximum atomic E-state index is 13.4. The molecular formula is C13H17FN2O3S. The van der Waals surface area contributed by atoms with Crippen molar-refractivity contribution in [3.63, 3.8) is 0 Å². The minimum Gasteiger partial charge on any atom is -0.493 e. The van der Waals surface area contributed by atoms with Gasteiger partial charge in [0.25, 0.3) is 0 Å². The van der Waals surface area contributed by atoms with Crippen molar-refractivity contribution in [2.45, 2.75) is 13.8 Å². The van der Waals surface area contributed by atoms with Gasteiger partial charge < -0.3 is 4.74 Å². The molecule has 2 N–H and O–H groups in total. The maximum Gasteiger partial charge on any atom is 0.209 e. The molecule has 1 atom stereocenters. The van der Waals surface area contributed by atoms with Gasteiger partial charge in [0.15, 0.2) is 0 Å². The largest absolute Gasteiger partial charge is 0.493 e. The predicted octanol–water partition coefficient (Wildman–Crippen LogP) is 1.64. The molecule has 0 aliphatic rings. The summed E-state index contributed by atoms with van der Waals surface area (Å²) >= 11 is 0. The first-order chi connectivity index (χ1) is 9.23. The summed E-state index contributed by atoms with van der Waals surface area (Å²) in [4.78, 5) is 0. The number of hydrogen-bond acceptors (Lipinski definition) is 4. The molecule has 0 aromatic heterocycles. The Morgan fingerprint density at radius 3 is 2.55 bits per heavy atom. The Bertz CT molecular complexity index is 609. The first kappa shape index (κ1) is 16.4. The molecule has 5 nitrogen and oxygen atoms in total. The van der Waals surface area contributed by atoms with Crippen LogP contribution in [0.3, 0.4) is 0 Å². The second-order valence-corrected chi connectivity index (χ2v) is 6.56. The SMILES string of the molecule is CC(C)C(COc1ccc(C#N)c(F)c1)CS(N)(=O)=O. The average Bonchev–Trinajstić information content (AvgIpc) is 2.33. The molecule has 1 unspecified atom stereocenters. The van der Waals surface area contributed by atoms with Gasteiger partial charge in [-0.05, 0) is 18.1 Å². The molecule has 1 aromatic rings. The second-order valence-electron chi connectivity index (χ2n) is 4.90. The van der Waals surface area contributed by atoms with Crippen LogP contribution in [0.15, 0.2) is 18.2 Å². The number of rotatable bonds is 6. The van der Waals surface area contributed by atoms with Crippen LogP contribution in [-0.2, 0) is 10.0 Å². The van der Waals surface area contributed by atoms with Crippen molar-refractivity contribution < 1.29 is 17.5 Å². The lowest BCUT2D eigenvalue weighted by Crippen LogP contribution is -2.30. The average molecular weight is 300 g/mol. The van der Waals surface area contributed by atoms with E-state index in [2.05, 4.69) is 0 Å². The highest BCUT2D eigenvalue weighted by Crippen LogP contribution is 2.19. The first-order valence-corrected chi connectivity index (χ1v) is 7.77. The third-order valence-corrected chi connectivity index (χ3v) is 3.81. The summed E-state index contributed by atoms with van der Waals surface area (Å²) < 4.78 is 41.0. The Morgan fingerprint density at radius 2 is 2.10 bits per heavy atom. The molecule has 0 radical (unpaired) electrons. The van der Waals surface area contributed by atoms with Gasteiger partial charge in [-0.3, -0.25) is 0 Å². The maximum absolute atomic E-state index is 13.4. The van der Waals surface area contributed by atoms with Crippen molar-refractivity contribution in [2.24, 2.45) is 17.0 Å². The van der Waals surface area contributed by atoms with Gasteiger partial charge in [-0.1, -0.05) is 13.8 Å². The van der Waals surface area contributed by atoms with E-state index >= 15 is 0 Å². The molecule has 0 heterocycles. The molecule has 0 fully saturated rings. The zero-order valence-electron chi connectivity index (χ0n) is 11.3. The quantitative estimate of drug-likeness (QED) is 0.864. The summed E-state index contributed by atoms with van der Waals surface area (Å²) in [6, 6.07) is 5.60. The van der Waals surface area contributed by atoms with Gasteiger partial charge in [-0.15, -0.1) is 0 Å². The molecule has 7 heteroatoms. The molecule has 20 heavy (non-hydrogen) atoms. The van der Waals surface area contributed by atoms with Gasteiger partial charge >= 0.3 is 0 Å². The molecule has 0 saturated carbocycles. The standard InChI is InChI=1S/C13H17FN2O3S/c1-9(2)11(8-20(16,17)18)7-19-12-4-3-10(6-15)13(14)5-12/h3-5,9,11H,7-8H2,1-2H3,(H2,16,17,18). The number of hydrogen-bond donors (Lipinski definition) is 1. The highest BCUT2D eigenvalue weighted by atomic mass is 32.2. The number of halogens is 1. The van der Waals surface area contributed by atoms with E-state index in [1.165, 1.54) is 12.1 Å². The van der Waals surface area contributed by atoms with Crippen LogP contribution in [0.1, 0.15) is 19.4 Å². The molecule has 0 amide bonds. The van der Waals surface area contributed by atoms with Gasteiger partial charge in [0.1, 0.15) is 17.6 Å². The normalized spacial score (nSPS) is 13.0. The fourth-order valence-electron chi connectivity index (χ4n) is 1.61. The summed E-state index contributed by atoms with van der Waals surface area (Å²) in [6.07, 6.45) is 0. The van der Waals surface area contributed by atoms with E-state index in [1.54, 1.807) is 6.07 Å². The fraction of sp³-hybridized carbons (Fsp3) is 0.462. The number of primary sulfonamides is 1. The topological polar surface area (TPSA) is 93.2 Å². The van der Waals surface area contributed by atoms with Crippen LogP contribution in [-0.4, -0.2) is 20.8 Å². The van der Waals surface area contributed by atoms with E-state index in [0.717, 1.165) is 6.07 Å². The van der Waals surface area contributed by atoms with Crippen molar-refractivity contribution in [1.82, 2.24) is 0 Å². The summed E-state index contributed by atoms with van der Waals surface area (Å²) in [7, 11) is -3.59. The van der Waals surface area contributed by atoms with Gasteiger partial charge in [-0.25, -0.2) is 17.9 Å². The molecule has 0 bridgehead atoms. The van der Waals surface area contributed by atoms with Gasteiger partial charge in [0.05, 0.1) is 17.9 Å². The zero-order valence-corrected chi connectivity index (χ0v) is 12.2. The minimum absolute atomic E-state index is 0.0524. The Morgan fingerprint density at radius 1 is 1.45 bits per heavy atom. The summed E-state index contributed by atoms with van der Waals surface area (Å²) in [5.74, 6) is -0.844. The van der Waals surface area contributed by atoms with Gasteiger partial charge in [0, 0.05) is 12.0 Å². The summed E-state index contributed by atoms with van der Waals surface area (Å²) in [5, 5.41) is 13.6. The summed E-state index contributed by atoms with van der Waals surface area (Å²) in [6.45, 7) is 3.83. The van der Waals surface area contributed by atoms with Crippen LogP contribution in [0.4, 0.5) is 4.39 Å². The minimum atomic E-state index is -3.59. The van der Waals surface area contributed by atoms with E-state index in [0.29, 0.717) is 0 Å². The lowest BCUT2D eigenvalue weighted by molar-refractivity contribution is 0.224. The van der Waals surface area contributed by atoms with Crippen LogP contribution < -0.4 is 9.88 Å². The number of sulfonamides is 1. The molecule has 0 aliphatic carbocycles. The first-order valence-electron chi connectivity index (χ1n) is 6.06. The summed E-state index contributed by atoms with van der Waals surface area (Å²) in [5.41, 5.74) is -0.0673. The van der Waals surface area contributed by atoms with Crippen LogP contribution in [0, 0.1) is 29.0 Å². The zero-order chi connectivity index (χ0) is 15.3. The Labute approximate surface area is 118 Å². The van der Waals surface area contributed by atoms with E-state index in [9.17, 15) is 12.8 Å². The van der Waals surface area contributed by atoms with Crippen LogP contribution >= 0.6 is 0 Å². The Balaban J connectivity index is 2.73. The molecule has 1 aromatic carbocycles. The predicted molar refractivity (Wildman–Crippen MR) is 72.9 cm³/mol. The number of benzene rings is 1. The molecular weight excluding hydrogens is 283 g/mol. The third-order valence-electron chi connectivity index (χ3n) is 2.91. The van der Waals surface area contributed by atoms with Crippen molar-refractivity contribution >= 4 is 10.0 Å².